The van der Waals surface area contributed by atoms with Crippen LogP contribution in [0, 0.1) is 10.1 Å². The van der Waals surface area contributed by atoms with Crippen LogP contribution in [0.4, 0.5) is 0 Å². The molecule has 1 aliphatic heterocycles. The molecule has 7 heteroatoms. The standard InChI is InChI=1S/C6H11N3O3S/c1-7-6-8(3-5-13-6)2-4-12-9(10)11/h3,5-7H,2,4H2,1H3. The summed E-state index contributed by atoms with van der Waals surface area (Å²) in [6, 6.07) is 0. The maximum absolute atomic E-state index is 9.85. The Hall–Kier alpha value is -0.950. The Kier molecular flexibility index (Phi) is 3.84. The zero-order chi connectivity index (χ0) is 9.68. The molecule has 0 aromatic heterocycles. The molecule has 0 fully saturated rings. The predicted octanol–water partition coefficient (Wildman–Crippen LogP) is 0.218. The van der Waals surface area contributed by atoms with Crippen molar-refractivity contribution in [1.82, 2.24) is 10.2 Å². The molecule has 1 aliphatic rings. The van der Waals surface area contributed by atoms with E-state index in [0.29, 0.717) is 6.54 Å². The smallest absolute Gasteiger partial charge is 0.294 e. The Balaban J connectivity index is 2.20. The molecular formula is C6H11N3O3S. The van der Waals surface area contributed by atoms with Gasteiger partial charge in [0.25, 0.3) is 5.09 Å². The highest BCUT2D eigenvalue weighted by Crippen LogP contribution is 2.21. The molecule has 0 spiro atoms. The van der Waals surface area contributed by atoms with Gasteiger partial charge < -0.3 is 9.74 Å². The van der Waals surface area contributed by atoms with Crippen molar-refractivity contribution in [2.75, 3.05) is 20.2 Å². The number of hydrogen-bond donors (Lipinski definition) is 1. The maximum Gasteiger partial charge on any atom is 0.294 e. The minimum Gasteiger partial charge on any atom is -0.351 e. The van der Waals surface area contributed by atoms with E-state index < -0.39 is 5.09 Å². The van der Waals surface area contributed by atoms with Gasteiger partial charge in [-0.25, -0.2) is 0 Å². The van der Waals surface area contributed by atoms with Crippen molar-refractivity contribution in [3.8, 4) is 0 Å². The third-order valence-electron chi connectivity index (χ3n) is 1.55. The van der Waals surface area contributed by atoms with Crippen molar-refractivity contribution in [1.29, 1.82) is 0 Å². The average molecular weight is 205 g/mol. The Morgan fingerprint density at radius 2 is 2.62 bits per heavy atom. The Labute approximate surface area is 80.0 Å². The van der Waals surface area contributed by atoms with Crippen LogP contribution >= 0.6 is 11.8 Å². The van der Waals surface area contributed by atoms with Gasteiger partial charge in [0.05, 0.1) is 0 Å². The fourth-order valence-corrected chi connectivity index (χ4v) is 1.83. The monoisotopic (exact) mass is 205 g/mol. The highest BCUT2D eigenvalue weighted by Gasteiger charge is 2.17. The first-order valence-corrected chi connectivity index (χ1v) is 4.71. The molecule has 0 aliphatic carbocycles. The van der Waals surface area contributed by atoms with Gasteiger partial charge in [-0.05, 0) is 12.5 Å². The Bertz CT molecular complexity index is 211. The maximum atomic E-state index is 9.85. The van der Waals surface area contributed by atoms with Gasteiger partial charge in [-0.3, -0.25) is 5.32 Å². The first-order chi connectivity index (χ1) is 6.24. The van der Waals surface area contributed by atoms with E-state index in [1.54, 1.807) is 11.8 Å². The molecule has 0 saturated heterocycles. The molecule has 0 saturated carbocycles. The summed E-state index contributed by atoms with van der Waals surface area (Å²) in [6.45, 7) is 0.603. The molecule has 0 aromatic rings. The van der Waals surface area contributed by atoms with Gasteiger partial charge in [0.2, 0.25) is 0 Å². The molecule has 1 atom stereocenters. The Morgan fingerprint density at radius 3 is 3.23 bits per heavy atom. The summed E-state index contributed by atoms with van der Waals surface area (Å²) in [5.41, 5.74) is 0.162. The van der Waals surface area contributed by atoms with Crippen LogP contribution in [0.3, 0.4) is 0 Å². The van der Waals surface area contributed by atoms with E-state index in [9.17, 15) is 10.1 Å². The highest BCUT2D eigenvalue weighted by atomic mass is 32.2. The second-order valence-corrected chi connectivity index (χ2v) is 3.35. The fourth-order valence-electron chi connectivity index (χ4n) is 0.990. The van der Waals surface area contributed by atoms with Crippen molar-refractivity contribution in [3.05, 3.63) is 21.7 Å². The zero-order valence-corrected chi connectivity index (χ0v) is 7.99. The van der Waals surface area contributed by atoms with E-state index >= 15 is 0 Å². The number of nitrogens with zero attached hydrogens (tertiary/aromatic N) is 2. The number of thioether (sulfide) groups is 1. The fraction of sp³-hybridized carbons (Fsp3) is 0.667. The normalized spacial score (nSPS) is 20.7. The van der Waals surface area contributed by atoms with E-state index in [0.717, 1.165) is 0 Å². The zero-order valence-electron chi connectivity index (χ0n) is 7.17. The largest absolute Gasteiger partial charge is 0.351 e. The quantitative estimate of drug-likeness (QED) is 0.511. The second-order valence-electron chi connectivity index (χ2n) is 2.36. The van der Waals surface area contributed by atoms with Crippen LogP contribution in [0.25, 0.3) is 0 Å². The van der Waals surface area contributed by atoms with Crippen molar-refractivity contribution in [3.63, 3.8) is 0 Å². The molecule has 1 N–H and O–H groups in total. The molecule has 1 unspecified atom stereocenters. The van der Waals surface area contributed by atoms with Crippen LogP contribution in [0.2, 0.25) is 0 Å². The summed E-state index contributed by atoms with van der Waals surface area (Å²) >= 11 is 1.62. The summed E-state index contributed by atoms with van der Waals surface area (Å²) in [7, 11) is 1.84. The third-order valence-corrected chi connectivity index (χ3v) is 2.60. The van der Waals surface area contributed by atoms with Gasteiger partial charge in [0, 0.05) is 12.7 Å². The average Bonchev–Trinajstić information content (AvgIpc) is 2.51. The van der Waals surface area contributed by atoms with E-state index in [1.165, 1.54) is 0 Å². The molecule has 6 nitrogen and oxygen atoms in total. The minimum absolute atomic E-state index is 0.0933. The van der Waals surface area contributed by atoms with Crippen molar-refractivity contribution >= 4 is 11.8 Å². The molecular weight excluding hydrogens is 194 g/mol. The lowest BCUT2D eigenvalue weighted by molar-refractivity contribution is -0.757. The SMILES string of the molecule is CNC1SC=CN1CCO[N+](=O)[O-]. The first kappa shape index (κ1) is 10.1. The van der Waals surface area contributed by atoms with Crippen LogP contribution in [-0.4, -0.2) is 35.7 Å². The lowest BCUT2D eigenvalue weighted by atomic mass is 10.6. The summed E-state index contributed by atoms with van der Waals surface area (Å²) in [4.78, 5) is 16.0. The van der Waals surface area contributed by atoms with Crippen LogP contribution in [0.1, 0.15) is 0 Å². The topological polar surface area (TPSA) is 67.6 Å². The highest BCUT2D eigenvalue weighted by molar-refractivity contribution is 8.02. The van der Waals surface area contributed by atoms with Gasteiger partial charge in [0.1, 0.15) is 12.1 Å². The van der Waals surface area contributed by atoms with Gasteiger partial charge in [-0.2, -0.15) is 0 Å². The van der Waals surface area contributed by atoms with E-state index in [1.807, 2.05) is 23.6 Å². The van der Waals surface area contributed by atoms with E-state index in [4.69, 9.17) is 0 Å². The van der Waals surface area contributed by atoms with E-state index in [2.05, 4.69) is 10.2 Å². The van der Waals surface area contributed by atoms with Gasteiger partial charge >= 0.3 is 0 Å². The van der Waals surface area contributed by atoms with Crippen LogP contribution < -0.4 is 5.32 Å². The number of nitrogens with one attached hydrogen (secondary N) is 1. The van der Waals surface area contributed by atoms with Crippen LogP contribution in [0.5, 0.6) is 0 Å². The van der Waals surface area contributed by atoms with Crippen molar-refractivity contribution in [2.24, 2.45) is 0 Å². The van der Waals surface area contributed by atoms with Gasteiger partial charge in [-0.1, -0.05) is 11.8 Å². The summed E-state index contributed by atoms with van der Waals surface area (Å²) in [5.74, 6) is 0. The molecule has 0 bridgehead atoms. The third kappa shape index (κ3) is 3.11. The van der Waals surface area contributed by atoms with Gasteiger partial charge in [0.15, 0.2) is 0 Å². The minimum atomic E-state index is -0.776. The molecule has 0 radical (unpaired) electrons. The molecule has 1 rings (SSSR count). The molecule has 74 valence electrons. The number of rotatable bonds is 5. The van der Waals surface area contributed by atoms with Crippen molar-refractivity contribution < 1.29 is 9.92 Å². The van der Waals surface area contributed by atoms with E-state index in [-0.39, 0.29) is 12.1 Å². The van der Waals surface area contributed by atoms with Crippen LogP contribution in [0.15, 0.2) is 11.6 Å². The molecule has 0 amide bonds. The summed E-state index contributed by atoms with van der Waals surface area (Å²) in [5, 5.41) is 14.1. The Morgan fingerprint density at radius 1 is 1.85 bits per heavy atom. The predicted molar refractivity (Wildman–Crippen MR) is 49.2 cm³/mol. The lowest BCUT2D eigenvalue weighted by Crippen LogP contribution is -2.37. The molecule has 1 heterocycles. The second kappa shape index (κ2) is 4.93. The first-order valence-electron chi connectivity index (χ1n) is 3.76. The van der Waals surface area contributed by atoms with Crippen LogP contribution in [-0.2, 0) is 4.84 Å². The van der Waals surface area contributed by atoms with Gasteiger partial charge in [-0.15, -0.1) is 10.1 Å². The summed E-state index contributed by atoms with van der Waals surface area (Å²) in [6.07, 6.45) is 1.88. The lowest BCUT2D eigenvalue weighted by Gasteiger charge is -2.23. The number of hydrogen-bond acceptors (Lipinski definition) is 6. The molecule has 0 aromatic carbocycles. The van der Waals surface area contributed by atoms with Crippen molar-refractivity contribution in [2.45, 2.75) is 5.50 Å². The summed E-state index contributed by atoms with van der Waals surface area (Å²) < 4.78 is 0. The molecule has 13 heavy (non-hydrogen) atoms.